The average molecular weight is 354 g/mol. The zero-order valence-corrected chi connectivity index (χ0v) is 18.6. The number of hydrogen-bond acceptors (Lipinski definition) is 2. The lowest BCUT2D eigenvalue weighted by Gasteiger charge is -2.47. The molecule has 150 valence electrons. The van der Waals surface area contributed by atoms with Gasteiger partial charge in [-0.25, -0.2) is 0 Å². The van der Waals surface area contributed by atoms with Crippen molar-refractivity contribution in [2.75, 3.05) is 13.1 Å². The van der Waals surface area contributed by atoms with Crippen molar-refractivity contribution in [1.82, 2.24) is 4.90 Å². The smallest absolute Gasteiger partial charge is 0.0802 e. The molecule has 2 nitrogen and oxygen atoms in total. The van der Waals surface area contributed by atoms with E-state index in [1.54, 1.807) is 0 Å². The van der Waals surface area contributed by atoms with Crippen LogP contribution >= 0.6 is 0 Å². The molecule has 1 N–H and O–H groups in total. The van der Waals surface area contributed by atoms with Crippen LogP contribution in [-0.2, 0) is 0 Å². The van der Waals surface area contributed by atoms with Crippen LogP contribution in [0.15, 0.2) is 0 Å². The van der Waals surface area contributed by atoms with E-state index in [-0.39, 0.29) is 10.8 Å². The molecular formula is C23H47NO. The van der Waals surface area contributed by atoms with Crippen LogP contribution < -0.4 is 0 Å². The van der Waals surface area contributed by atoms with E-state index in [4.69, 9.17) is 0 Å². The Kier molecular flexibility index (Phi) is 8.47. The summed E-state index contributed by atoms with van der Waals surface area (Å²) in [5.74, 6) is 0.628. The van der Waals surface area contributed by atoms with Gasteiger partial charge in [-0.05, 0) is 74.8 Å². The van der Waals surface area contributed by atoms with Crippen LogP contribution in [0.4, 0.5) is 0 Å². The summed E-state index contributed by atoms with van der Waals surface area (Å²) in [4.78, 5) is 2.63. The molecule has 1 heterocycles. The van der Waals surface area contributed by atoms with Gasteiger partial charge in [0.2, 0.25) is 0 Å². The molecule has 0 aromatic rings. The second kappa shape index (κ2) is 9.22. The lowest BCUT2D eigenvalue weighted by atomic mass is 9.73. The first-order valence-electron chi connectivity index (χ1n) is 10.8. The second-order valence-corrected chi connectivity index (χ2v) is 11.5. The van der Waals surface area contributed by atoms with Crippen LogP contribution in [-0.4, -0.2) is 34.7 Å². The van der Waals surface area contributed by atoms with E-state index >= 15 is 0 Å². The maximum Gasteiger partial charge on any atom is 0.0802 e. The summed E-state index contributed by atoms with van der Waals surface area (Å²) in [6.45, 7) is 20.8. The molecule has 1 rings (SSSR count). The number of piperidine rings is 1. The van der Waals surface area contributed by atoms with Crippen molar-refractivity contribution in [2.24, 2.45) is 16.7 Å². The molecule has 2 heteroatoms. The molecule has 0 saturated carbocycles. The van der Waals surface area contributed by atoms with Crippen LogP contribution in [0, 0.1) is 16.7 Å². The first-order valence-corrected chi connectivity index (χ1v) is 10.8. The first-order chi connectivity index (χ1) is 11.3. The summed E-state index contributed by atoms with van der Waals surface area (Å²) >= 11 is 0. The second-order valence-electron chi connectivity index (χ2n) is 11.5. The van der Waals surface area contributed by atoms with Gasteiger partial charge < -0.3 is 5.11 Å². The highest BCUT2D eigenvalue weighted by Gasteiger charge is 2.41. The van der Waals surface area contributed by atoms with Crippen molar-refractivity contribution in [1.29, 1.82) is 0 Å². The highest BCUT2D eigenvalue weighted by atomic mass is 16.3. The fourth-order valence-electron chi connectivity index (χ4n) is 4.03. The summed E-state index contributed by atoms with van der Waals surface area (Å²) in [6, 6.07) is 0.317. The largest absolute Gasteiger partial charge is 0.388 e. The Balaban J connectivity index is 3.02. The molecule has 1 aliphatic rings. The predicted molar refractivity (Wildman–Crippen MR) is 111 cm³/mol. The Labute approximate surface area is 158 Å². The minimum absolute atomic E-state index is 0.278. The molecule has 1 saturated heterocycles. The molecule has 0 aromatic carbocycles. The van der Waals surface area contributed by atoms with Crippen molar-refractivity contribution >= 4 is 0 Å². The van der Waals surface area contributed by atoms with E-state index in [0.717, 1.165) is 32.1 Å². The van der Waals surface area contributed by atoms with E-state index in [1.807, 2.05) is 0 Å². The van der Waals surface area contributed by atoms with Gasteiger partial charge in [-0.15, -0.1) is 0 Å². The lowest BCUT2D eigenvalue weighted by Crippen LogP contribution is -2.55. The summed E-state index contributed by atoms with van der Waals surface area (Å²) in [5.41, 5.74) is 0.00214. The summed E-state index contributed by atoms with van der Waals surface area (Å²) in [6.07, 6.45) is 9.11. The Morgan fingerprint density at radius 3 is 1.56 bits per heavy atom. The quantitative estimate of drug-likeness (QED) is 0.556. The van der Waals surface area contributed by atoms with Crippen molar-refractivity contribution in [3.05, 3.63) is 0 Å². The third-order valence-electron chi connectivity index (χ3n) is 5.76. The van der Waals surface area contributed by atoms with Crippen LogP contribution in [0.1, 0.15) is 107 Å². The Morgan fingerprint density at radius 2 is 1.20 bits per heavy atom. The zero-order valence-electron chi connectivity index (χ0n) is 18.6. The third kappa shape index (κ3) is 8.91. The number of aliphatic hydroxyl groups is 1. The van der Waals surface area contributed by atoms with Gasteiger partial charge in [-0.3, -0.25) is 4.90 Å². The van der Waals surface area contributed by atoms with E-state index in [2.05, 4.69) is 60.3 Å². The molecule has 0 amide bonds. The van der Waals surface area contributed by atoms with Gasteiger partial charge in [0.25, 0.3) is 0 Å². The standard InChI is InChI=1S/C23H47NO/c1-19(2)18-20(24-16-10-9-11-17-24)23(25,14-12-21(3,4)5)15-13-22(6,7)8/h19-20,25H,9-18H2,1-8H3. The molecule has 1 atom stereocenters. The Bertz CT molecular complexity index is 351. The highest BCUT2D eigenvalue weighted by Crippen LogP contribution is 2.38. The van der Waals surface area contributed by atoms with Gasteiger partial charge in [0.1, 0.15) is 0 Å². The number of likely N-dealkylation sites (tertiary alicyclic amines) is 1. The molecule has 1 fully saturated rings. The monoisotopic (exact) mass is 353 g/mol. The van der Waals surface area contributed by atoms with Gasteiger partial charge in [0.15, 0.2) is 0 Å². The number of rotatable bonds is 8. The Hall–Kier alpha value is -0.0800. The van der Waals surface area contributed by atoms with E-state index in [0.29, 0.717) is 12.0 Å². The Morgan fingerprint density at radius 1 is 0.760 bits per heavy atom. The maximum absolute atomic E-state index is 12.0. The van der Waals surface area contributed by atoms with Crippen LogP contribution in [0.2, 0.25) is 0 Å². The number of hydrogen-bond donors (Lipinski definition) is 1. The van der Waals surface area contributed by atoms with E-state index in [9.17, 15) is 5.11 Å². The fourth-order valence-corrected chi connectivity index (χ4v) is 4.03. The van der Waals surface area contributed by atoms with Crippen LogP contribution in [0.5, 0.6) is 0 Å². The van der Waals surface area contributed by atoms with Gasteiger partial charge >= 0.3 is 0 Å². The van der Waals surface area contributed by atoms with Crippen LogP contribution in [0.25, 0.3) is 0 Å². The SMILES string of the molecule is CC(C)CC(N1CCCCC1)C(O)(CCC(C)(C)C)CCC(C)(C)C. The number of nitrogens with zero attached hydrogens (tertiary/aromatic N) is 1. The van der Waals surface area contributed by atoms with Gasteiger partial charge in [0, 0.05) is 6.04 Å². The summed E-state index contributed by atoms with van der Waals surface area (Å²) in [7, 11) is 0. The average Bonchev–Trinajstić information content (AvgIpc) is 2.48. The van der Waals surface area contributed by atoms with Crippen molar-refractivity contribution in [3.8, 4) is 0 Å². The predicted octanol–water partition coefficient (Wildman–Crippen LogP) is 6.27. The molecular weight excluding hydrogens is 306 g/mol. The minimum Gasteiger partial charge on any atom is -0.388 e. The normalized spacial score (nSPS) is 19.4. The van der Waals surface area contributed by atoms with Crippen molar-refractivity contribution < 1.29 is 5.11 Å². The molecule has 25 heavy (non-hydrogen) atoms. The van der Waals surface area contributed by atoms with Crippen molar-refractivity contribution in [2.45, 2.75) is 118 Å². The lowest BCUT2D eigenvalue weighted by molar-refractivity contribution is -0.0821. The molecule has 0 aromatic heterocycles. The summed E-state index contributed by atoms with van der Waals surface area (Å²) in [5, 5.41) is 12.0. The fraction of sp³-hybridized carbons (Fsp3) is 1.00. The first kappa shape index (κ1) is 23.0. The molecule has 0 radical (unpaired) electrons. The van der Waals surface area contributed by atoms with E-state index < -0.39 is 5.60 Å². The topological polar surface area (TPSA) is 23.5 Å². The van der Waals surface area contributed by atoms with Gasteiger partial charge in [-0.1, -0.05) is 61.8 Å². The van der Waals surface area contributed by atoms with Crippen molar-refractivity contribution in [3.63, 3.8) is 0 Å². The highest BCUT2D eigenvalue weighted by molar-refractivity contribution is 4.96. The molecule has 0 spiro atoms. The maximum atomic E-state index is 12.0. The molecule has 0 aliphatic carbocycles. The van der Waals surface area contributed by atoms with Gasteiger partial charge in [0.05, 0.1) is 5.60 Å². The van der Waals surface area contributed by atoms with Crippen LogP contribution in [0.3, 0.4) is 0 Å². The minimum atomic E-state index is -0.553. The van der Waals surface area contributed by atoms with Gasteiger partial charge in [-0.2, -0.15) is 0 Å². The molecule has 1 aliphatic heterocycles. The summed E-state index contributed by atoms with van der Waals surface area (Å²) < 4.78 is 0. The van der Waals surface area contributed by atoms with E-state index in [1.165, 1.54) is 32.4 Å². The molecule has 1 unspecified atom stereocenters. The molecule has 0 bridgehead atoms. The third-order valence-corrected chi connectivity index (χ3v) is 5.76. The zero-order chi connectivity index (χ0) is 19.3.